The molecule has 2 atom stereocenters. The molecular formula is C16H25NO3. The molecule has 0 saturated heterocycles. The van der Waals surface area contributed by atoms with Gasteiger partial charge in [0, 0.05) is 12.6 Å². The molecule has 0 fully saturated rings. The molecule has 20 heavy (non-hydrogen) atoms. The fourth-order valence-electron chi connectivity index (χ4n) is 2.24. The van der Waals surface area contributed by atoms with Crippen molar-refractivity contribution in [3.05, 3.63) is 35.4 Å². The van der Waals surface area contributed by atoms with Crippen LogP contribution in [0.1, 0.15) is 37.9 Å². The molecule has 0 radical (unpaired) electrons. The molecule has 1 rings (SSSR count). The minimum atomic E-state index is -1.52. The SMILES string of the molecule is COC(=O)[C@](C)(O)CN[C@@H](c1ccccc1C)C(C)C. The average molecular weight is 279 g/mol. The summed E-state index contributed by atoms with van der Waals surface area (Å²) in [5.74, 6) is -0.290. The maximum Gasteiger partial charge on any atom is 0.338 e. The zero-order valence-electron chi connectivity index (χ0n) is 12.9. The number of carbonyl (C=O) groups excluding carboxylic acids is 1. The van der Waals surface area contributed by atoms with Crippen molar-refractivity contribution in [3.8, 4) is 0 Å². The number of methoxy groups -OCH3 is 1. The van der Waals surface area contributed by atoms with Crippen molar-refractivity contribution < 1.29 is 14.6 Å². The van der Waals surface area contributed by atoms with Crippen molar-refractivity contribution in [1.82, 2.24) is 5.32 Å². The van der Waals surface area contributed by atoms with Gasteiger partial charge in [0.25, 0.3) is 0 Å². The third kappa shape index (κ3) is 4.05. The normalized spacial score (nSPS) is 15.8. The lowest BCUT2D eigenvalue weighted by Gasteiger charge is -2.28. The Kier molecular flexibility index (Phi) is 5.72. The van der Waals surface area contributed by atoms with E-state index in [1.807, 2.05) is 12.1 Å². The summed E-state index contributed by atoms with van der Waals surface area (Å²) in [6.07, 6.45) is 0. The van der Waals surface area contributed by atoms with Crippen molar-refractivity contribution in [2.75, 3.05) is 13.7 Å². The molecule has 112 valence electrons. The number of rotatable bonds is 6. The number of nitrogens with one attached hydrogen (secondary N) is 1. The third-order valence-corrected chi connectivity index (χ3v) is 3.48. The molecule has 4 nitrogen and oxygen atoms in total. The van der Waals surface area contributed by atoms with Crippen LogP contribution < -0.4 is 5.32 Å². The van der Waals surface area contributed by atoms with Crippen molar-refractivity contribution in [2.24, 2.45) is 5.92 Å². The summed E-state index contributed by atoms with van der Waals surface area (Å²) in [7, 11) is 1.28. The Morgan fingerprint density at radius 2 is 2.00 bits per heavy atom. The number of aliphatic hydroxyl groups is 1. The third-order valence-electron chi connectivity index (χ3n) is 3.48. The number of hydrogen-bond donors (Lipinski definition) is 2. The maximum absolute atomic E-state index is 11.5. The van der Waals surface area contributed by atoms with Gasteiger partial charge in [0.15, 0.2) is 5.60 Å². The van der Waals surface area contributed by atoms with E-state index < -0.39 is 11.6 Å². The van der Waals surface area contributed by atoms with Gasteiger partial charge in [-0.05, 0) is 30.9 Å². The molecule has 0 spiro atoms. The second kappa shape index (κ2) is 6.86. The van der Waals surface area contributed by atoms with Crippen LogP contribution in [0, 0.1) is 12.8 Å². The molecule has 0 aliphatic heterocycles. The lowest BCUT2D eigenvalue weighted by Crippen LogP contribution is -2.47. The quantitative estimate of drug-likeness (QED) is 0.784. The van der Waals surface area contributed by atoms with Crippen LogP contribution >= 0.6 is 0 Å². The van der Waals surface area contributed by atoms with Gasteiger partial charge in [0.05, 0.1) is 7.11 Å². The van der Waals surface area contributed by atoms with Gasteiger partial charge >= 0.3 is 5.97 Å². The van der Waals surface area contributed by atoms with Gasteiger partial charge < -0.3 is 15.2 Å². The van der Waals surface area contributed by atoms with E-state index in [9.17, 15) is 9.90 Å². The summed E-state index contributed by atoms with van der Waals surface area (Å²) < 4.78 is 4.61. The molecule has 0 unspecified atom stereocenters. The molecule has 0 heterocycles. The lowest BCUT2D eigenvalue weighted by atomic mass is 9.92. The summed E-state index contributed by atoms with van der Waals surface area (Å²) in [4.78, 5) is 11.5. The molecule has 0 amide bonds. The zero-order chi connectivity index (χ0) is 15.3. The summed E-state index contributed by atoms with van der Waals surface area (Å²) >= 11 is 0. The minimum absolute atomic E-state index is 0.0762. The van der Waals surface area contributed by atoms with Gasteiger partial charge in [0.2, 0.25) is 0 Å². The Hall–Kier alpha value is -1.39. The second-order valence-electron chi connectivity index (χ2n) is 5.72. The largest absolute Gasteiger partial charge is 0.467 e. The van der Waals surface area contributed by atoms with Crippen LogP contribution in [-0.4, -0.2) is 30.3 Å². The summed E-state index contributed by atoms with van der Waals surface area (Å²) in [6.45, 7) is 7.89. The maximum atomic E-state index is 11.5. The van der Waals surface area contributed by atoms with E-state index in [-0.39, 0.29) is 12.6 Å². The summed E-state index contributed by atoms with van der Waals surface area (Å²) in [6, 6.07) is 8.20. The first kappa shape index (κ1) is 16.7. The molecule has 0 aromatic heterocycles. The van der Waals surface area contributed by atoms with Gasteiger partial charge in [-0.15, -0.1) is 0 Å². The van der Waals surface area contributed by atoms with Crippen LogP contribution in [0.4, 0.5) is 0 Å². The predicted octanol–water partition coefficient (Wildman–Crippen LogP) is 2.21. The number of aryl methyl sites for hydroxylation is 1. The van der Waals surface area contributed by atoms with Crippen LogP contribution in [0.2, 0.25) is 0 Å². The molecule has 0 aliphatic rings. The van der Waals surface area contributed by atoms with Crippen LogP contribution in [-0.2, 0) is 9.53 Å². The molecule has 1 aromatic rings. The van der Waals surface area contributed by atoms with Gasteiger partial charge in [-0.3, -0.25) is 0 Å². The molecule has 0 aliphatic carbocycles. The van der Waals surface area contributed by atoms with Crippen LogP contribution in [0.5, 0.6) is 0 Å². The van der Waals surface area contributed by atoms with Crippen LogP contribution in [0.25, 0.3) is 0 Å². The second-order valence-corrected chi connectivity index (χ2v) is 5.72. The fraction of sp³-hybridized carbons (Fsp3) is 0.562. The highest BCUT2D eigenvalue weighted by molar-refractivity contribution is 5.78. The first-order valence-corrected chi connectivity index (χ1v) is 6.89. The monoisotopic (exact) mass is 279 g/mol. The Labute approximate surface area is 121 Å². The van der Waals surface area contributed by atoms with E-state index in [2.05, 4.69) is 43.0 Å². The molecule has 2 N–H and O–H groups in total. The Morgan fingerprint density at radius 1 is 1.40 bits per heavy atom. The minimum Gasteiger partial charge on any atom is -0.467 e. The standard InChI is InChI=1S/C16H25NO3/c1-11(2)14(13-9-7-6-8-12(13)3)17-10-16(4,19)15(18)20-5/h6-9,11,14,17,19H,10H2,1-5H3/t14-,16-/m1/s1. The zero-order valence-corrected chi connectivity index (χ0v) is 12.9. The van der Waals surface area contributed by atoms with Crippen LogP contribution in [0.3, 0.4) is 0 Å². The van der Waals surface area contributed by atoms with E-state index >= 15 is 0 Å². The number of hydrogen-bond acceptors (Lipinski definition) is 4. The highest BCUT2D eigenvalue weighted by Crippen LogP contribution is 2.25. The number of esters is 1. The lowest BCUT2D eigenvalue weighted by molar-refractivity contribution is -0.160. The first-order valence-electron chi connectivity index (χ1n) is 6.89. The van der Waals surface area contributed by atoms with Crippen LogP contribution in [0.15, 0.2) is 24.3 Å². The number of carbonyl (C=O) groups is 1. The van der Waals surface area contributed by atoms with Gasteiger partial charge in [-0.1, -0.05) is 38.1 Å². The Bertz CT molecular complexity index is 455. The van der Waals surface area contributed by atoms with E-state index in [4.69, 9.17) is 0 Å². The number of ether oxygens (including phenoxy) is 1. The van der Waals surface area contributed by atoms with Gasteiger partial charge in [-0.25, -0.2) is 4.79 Å². The smallest absolute Gasteiger partial charge is 0.338 e. The van der Waals surface area contributed by atoms with Crippen molar-refractivity contribution in [2.45, 2.75) is 39.3 Å². The number of benzene rings is 1. The molecule has 0 saturated carbocycles. The Balaban J connectivity index is 2.85. The highest BCUT2D eigenvalue weighted by atomic mass is 16.5. The molecule has 0 bridgehead atoms. The summed E-state index contributed by atoms with van der Waals surface area (Å²) in [5, 5.41) is 13.4. The summed E-state index contributed by atoms with van der Waals surface area (Å²) in [5.41, 5.74) is 0.851. The molecule has 1 aromatic carbocycles. The van der Waals surface area contributed by atoms with Gasteiger partial charge in [-0.2, -0.15) is 0 Å². The molecular weight excluding hydrogens is 254 g/mol. The van der Waals surface area contributed by atoms with Crippen molar-refractivity contribution in [3.63, 3.8) is 0 Å². The predicted molar refractivity (Wildman–Crippen MR) is 79.4 cm³/mol. The van der Waals surface area contributed by atoms with Gasteiger partial charge in [0.1, 0.15) is 0 Å². The van der Waals surface area contributed by atoms with E-state index in [1.54, 1.807) is 0 Å². The first-order chi connectivity index (χ1) is 9.29. The fourth-order valence-corrected chi connectivity index (χ4v) is 2.24. The van der Waals surface area contributed by atoms with E-state index in [0.29, 0.717) is 5.92 Å². The topological polar surface area (TPSA) is 58.6 Å². The van der Waals surface area contributed by atoms with Crippen molar-refractivity contribution >= 4 is 5.97 Å². The van der Waals surface area contributed by atoms with E-state index in [0.717, 1.165) is 0 Å². The Morgan fingerprint density at radius 3 is 2.50 bits per heavy atom. The molecule has 4 heteroatoms. The average Bonchev–Trinajstić information content (AvgIpc) is 2.39. The highest BCUT2D eigenvalue weighted by Gasteiger charge is 2.32. The van der Waals surface area contributed by atoms with E-state index in [1.165, 1.54) is 25.2 Å². The van der Waals surface area contributed by atoms with Crippen molar-refractivity contribution in [1.29, 1.82) is 0 Å².